The molecule has 0 aliphatic carbocycles. The van der Waals surface area contributed by atoms with E-state index in [1.807, 2.05) is 13.8 Å². The summed E-state index contributed by atoms with van der Waals surface area (Å²) < 4.78 is 26.2. The third-order valence-corrected chi connectivity index (χ3v) is 5.02. The summed E-state index contributed by atoms with van der Waals surface area (Å²) in [7, 11) is -3.64. The van der Waals surface area contributed by atoms with Crippen molar-refractivity contribution in [2.24, 2.45) is 10.2 Å². The molecule has 0 saturated carbocycles. The van der Waals surface area contributed by atoms with Crippen molar-refractivity contribution in [2.75, 3.05) is 29.0 Å². The number of nitriles is 2. The van der Waals surface area contributed by atoms with Gasteiger partial charge in [0.05, 0.1) is 28.0 Å². The van der Waals surface area contributed by atoms with Gasteiger partial charge in [-0.2, -0.15) is 10.5 Å². The van der Waals surface area contributed by atoms with Crippen LogP contribution in [-0.2, 0) is 10.0 Å². The summed E-state index contributed by atoms with van der Waals surface area (Å²) in [6.07, 6.45) is 2.82. The molecular formula is C21H23N7O4S. The van der Waals surface area contributed by atoms with Crippen LogP contribution in [-0.4, -0.2) is 32.7 Å². The Morgan fingerprint density at radius 3 is 2.09 bits per heavy atom. The van der Waals surface area contributed by atoms with E-state index in [9.17, 15) is 29.1 Å². The van der Waals surface area contributed by atoms with Gasteiger partial charge in [0.1, 0.15) is 23.5 Å². The molecule has 172 valence electrons. The fraction of sp³-hybridized carbons (Fsp3) is 0.333. The summed E-state index contributed by atoms with van der Waals surface area (Å²) in [4.78, 5) is 12.5. The standard InChI is InChI=1S/C21H23N7O4S/c1-4-8-27(9-5-2)17-6-7-19(20(12-17)26-33(3,31)32)24-25-21-15(13-22)10-18(28(29)30)11-16(21)14-23/h6-7,10-12,26H,4-5,8-9H2,1-3H3. The quantitative estimate of drug-likeness (QED) is 0.298. The molecule has 33 heavy (non-hydrogen) atoms. The second-order valence-corrected chi connectivity index (χ2v) is 8.88. The summed E-state index contributed by atoms with van der Waals surface area (Å²) in [6.45, 7) is 5.66. The molecule has 11 nitrogen and oxygen atoms in total. The van der Waals surface area contributed by atoms with Gasteiger partial charge in [0, 0.05) is 30.9 Å². The van der Waals surface area contributed by atoms with Crippen molar-refractivity contribution < 1.29 is 13.3 Å². The Kier molecular flexibility index (Phi) is 8.42. The van der Waals surface area contributed by atoms with Crippen molar-refractivity contribution >= 4 is 38.5 Å². The average molecular weight is 470 g/mol. The molecule has 1 N–H and O–H groups in total. The van der Waals surface area contributed by atoms with Crippen LogP contribution in [0.15, 0.2) is 40.6 Å². The predicted octanol–water partition coefficient (Wildman–Crippen LogP) is 4.75. The summed E-state index contributed by atoms with van der Waals surface area (Å²) in [6, 6.07) is 10.6. The van der Waals surface area contributed by atoms with Gasteiger partial charge in [-0.05, 0) is 31.0 Å². The van der Waals surface area contributed by atoms with E-state index in [2.05, 4.69) is 19.9 Å². The molecule has 12 heteroatoms. The molecule has 0 aliphatic rings. The lowest BCUT2D eigenvalue weighted by Gasteiger charge is -2.24. The van der Waals surface area contributed by atoms with Crippen LogP contribution in [0.5, 0.6) is 0 Å². The zero-order valence-corrected chi connectivity index (χ0v) is 19.3. The second kappa shape index (κ2) is 11.0. The first-order chi connectivity index (χ1) is 15.6. The zero-order valence-electron chi connectivity index (χ0n) is 18.4. The van der Waals surface area contributed by atoms with Crippen molar-refractivity contribution in [2.45, 2.75) is 26.7 Å². The lowest BCUT2D eigenvalue weighted by Crippen LogP contribution is -2.25. The lowest BCUT2D eigenvalue weighted by molar-refractivity contribution is -0.384. The summed E-state index contributed by atoms with van der Waals surface area (Å²) in [5.41, 5.74) is 0.177. The molecule has 0 radical (unpaired) electrons. The largest absolute Gasteiger partial charge is 0.371 e. The van der Waals surface area contributed by atoms with Crippen LogP contribution in [0, 0.1) is 32.8 Å². The summed E-state index contributed by atoms with van der Waals surface area (Å²) in [5.74, 6) is 0. The number of nitro benzene ring substituents is 1. The first-order valence-electron chi connectivity index (χ1n) is 10.0. The van der Waals surface area contributed by atoms with Gasteiger partial charge in [-0.3, -0.25) is 14.8 Å². The van der Waals surface area contributed by atoms with Crippen molar-refractivity contribution in [3.8, 4) is 12.1 Å². The SMILES string of the molecule is CCCN(CCC)c1ccc(N=Nc2c(C#N)cc([N+](=O)[O-])cc2C#N)c(NS(C)(=O)=O)c1. The highest BCUT2D eigenvalue weighted by molar-refractivity contribution is 7.92. The van der Waals surface area contributed by atoms with Gasteiger partial charge in [-0.15, -0.1) is 10.2 Å². The number of nitrogens with zero attached hydrogens (tertiary/aromatic N) is 6. The van der Waals surface area contributed by atoms with Crippen LogP contribution in [0.2, 0.25) is 0 Å². The van der Waals surface area contributed by atoms with Crippen LogP contribution in [0.3, 0.4) is 0 Å². The molecular weight excluding hydrogens is 446 g/mol. The minimum Gasteiger partial charge on any atom is -0.371 e. The molecule has 0 aliphatic heterocycles. The molecule has 0 fully saturated rings. The van der Waals surface area contributed by atoms with Crippen molar-refractivity contribution in [1.29, 1.82) is 10.5 Å². The van der Waals surface area contributed by atoms with Crippen LogP contribution < -0.4 is 9.62 Å². The molecule has 0 unspecified atom stereocenters. The number of anilines is 2. The van der Waals surface area contributed by atoms with E-state index < -0.39 is 20.6 Å². The maximum absolute atomic E-state index is 11.9. The highest BCUT2D eigenvalue weighted by atomic mass is 32.2. The summed E-state index contributed by atoms with van der Waals surface area (Å²) >= 11 is 0. The van der Waals surface area contributed by atoms with E-state index in [4.69, 9.17) is 0 Å². The number of rotatable bonds is 10. The Bertz CT molecular complexity index is 1220. The highest BCUT2D eigenvalue weighted by Gasteiger charge is 2.17. The number of hydrogen-bond donors (Lipinski definition) is 1. The van der Waals surface area contributed by atoms with E-state index in [0.29, 0.717) is 0 Å². The molecule has 2 aromatic rings. The number of sulfonamides is 1. The fourth-order valence-electron chi connectivity index (χ4n) is 3.11. The second-order valence-electron chi connectivity index (χ2n) is 7.13. The normalized spacial score (nSPS) is 11.1. The number of nitrogens with one attached hydrogen (secondary N) is 1. The van der Waals surface area contributed by atoms with Crippen LogP contribution in [0.1, 0.15) is 37.8 Å². The van der Waals surface area contributed by atoms with Crippen molar-refractivity contribution in [3.63, 3.8) is 0 Å². The van der Waals surface area contributed by atoms with E-state index in [1.54, 1.807) is 30.3 Å². The molecule has 2 aromatic carbocycles. The minimum atomic E-state index is -3.64. The first kappa shape index (κ1) is 25.2. The van der Waals surface area contributed by atoms with E-state index in [1.165, 1.54) is 0 Å². The van der Waals surface area contributed by atoms with Crippen LogP contribution >= 0.6 is 0 Å². The van der Waals surface area contributed by atoms with Gasteiger partial charge in [-0.25, -0.2) is 8.42 Å². The van der Waals surface area contributed by atoms with Gasteiger partial charge in [-0.1, -0.05) is 13.8 Å². The first-order valence-corrected chi connectivity index (χ1v) is 11.9. The Morgan fingerprint density at radius 2 is 1.64 bits per heavy atom. The topological polar surface area (TPSA) is 165 Å². The summed E-state index contributed by atoms with van der Waals surface area (Å²) in [5, 5.41) is 37.8. The predicted molar refractivity (Wildman–Crippen MR) is 124 cm³/mol. The molecule has 0 bridgehead atoms. The number of benzene rings is 2. The van der Waals surface area contributed by atoms with E-state index in [0.717, 1.165) is 50.0 Å². The van der Waals surface area contributed by atoms with Gasteiger partial charge < -0.3 is 4.90 Å². The van der Waals surface area contributed by atoms with Crippen molar-refractivity contribution in [1.82, 2.24) is 0 Å². The molecule has 0 atom stereocenters. The monoisotopic (exact) mass is 469 g/mol. The van der Waals surface area contributed by atoms with Gasteiger partial charge in [0.25, 0.3) is 5.69 Å². The molecule has 0 heterocycles. The smallest absolute Gasteiger partial charge is 0.272 e. The lowest BCUT2D eigenvalue weighted by atomic mass is 10.1. The molecule has 0 amide bonds. The van der Waals surface area contributed by atoms with E-state index in [-0.39, 0.29) is 28.2 Å². The van der Waals surface area contributed by atoms with Crippen LogP contribution in [0.25, 0.3) is 0 Å². The third kappa shape index (κ3) is 6.72. The molecule has 2 rings (SSSR count). The fourth-order valence-corrected chi connectivity index (χ4v) is 3.67. The maximum Gasteiger partial charge on any atom is 0.272 e. The number of azo groups is 1. The molecule has 0 spiro atoms. The Morgan fingerprint density at radius 1 is 1.06 bits per heavy atom. The highest BCUT2D eigenvalue weighted by Crippen LogP contribution is 2.35. The number of nitro groups is 1. The van der Waals surface area contributed by atoms with E-state index >= 15 is 0 Å². The van der Waals surface area contributed by atoms with Gasteiger partial charge in [0.2, 0.25) is 10.0 Å². The third-order valence-electron chi connectivity index (χ3n) is 4.43. The van der Waals surface area contributed by atoms with Gasteiger partial charge >= 0.3 is 0 Å². The maximum atomic E-state index is 11.9. The van der Waals surface area contributed by atoms with Crippen molar-refractivity contribution in [3.05, 3.63) is 51.6 Å². The number of hydrogen-bond acceptors (Lipinski definition) is 9. The Balaban J connectivity index is 2.60. The minimum absolute atomic E-state index is 0.140. The zero-order chi connectivity index (χ0) is 24.6. The Hall–Kier alpha value is -4.03. The van der Waals surface area contributed by atoms with Crippen LogP contribution in [0.4, 0.5) is 28.4 Å². The van der Waals surface area contributed by atoms with Gasteiger partial charge in [0.15, 0.2) is 0 Å². The molecule has 0 saturated heterocycles. The average Bonchev–Trinajstić information content (AvgIpc) is 2.76. The number of non-ortho nitro benzene ring substituents is 1. The Labute approximate surface area is 192 Å². The molecule has 0 aromatic heterocycles.